The van der Waals surface area contributed by atoms with Crippen molar-refractivity contribution in [3.05, 3.63) is 70.2 Å². The van der Waals surface area contributed by atoms with Crippen LogP contribution >= 0.6 is 24.0 Å². The molecule has 3 nitrogen and oxygen atoms in total. The van der Waals surface area contributed by atoms with Crippen LogP contribution in [0.4, 0.5) is 0 Å². The summed E-state index contributed by atoms with van der Waals surface area (Å²) in [4.78, 5) is 12.4. The summed E-state index contributed by atoms with van der Waals surface area (Å²) in [5.74, 6) is -0.190. The number of fused-ring (bicyclic) bond motifs is 1. The molecule has 2 atom stereocenters. The number of carbonyl (C=O) groups excluding carboxylic acids is 1. The molecule has 1 aliphatic rings. The first-order valence-corrected chi connectivity index (χ1v) is 8.37. The third-order valence-electron chi connectivity index (χ3n) is 4.44. The van der Waals surface area contributed by atoms with Crippen molar-refractivity contribution in [2.24, 2.45) is 0 Å². The number of benzene rings is 2. The monoisotopic (exact) mass is 364 g/mol. The predicted molar refractivity (Wildman–Crippen MR) is 101 cm³/mol. The molecule has 2 aromatic rings. The molecular weight excluding hydrogens is 343 g/mol. The van der Waals surface area contributed by atoms with Crippen LogP contribution in [0.5, 0.6) is 0 Å². The van der Waals surface area contributed by atoms with Gasteiger partial charge in [-0.05, 0) is 48.7 Å². The Kier molecular flexibility index (Phi) is 6.67. The van der Waals surface area contributed by atoms with Crippen LogP contribution in [0.2, 0.25) is 5.02 Å². The third-order valence-corrected chi connectivity index (χ3v) is 4.67. The van der Waals surface area contributed by atoms with E-state index in [9.17, 15) is 4.79 Å². The molecule has 2 aromatic carbocycles. The molecule has 0 saturated heterocycles. The van der Waals surface area contributed by atoms with Gasteiger partial charge in [0.2, 0.25) is 5.91 Å². The maximum atomic E-state index is 12.4. The SMILES string of the molecule is CC(C(=O)NCC1NCCc2ccccc21)c1cccc(Cl)c1.Cl. The Hall–Kier alpha value is -1.55. The molecule has 3 rings (SSSR count). The van der Waals surface area contributed by atoms with Gasteiger partial charge < -0.3 is 10.6 Å². The highest BCUT2D eigenvalue weighted by atomic mass is 35.5. The Labute approximate surface area is 154 Å². The summed E-state index contributed by atoms with van der Waals surface area (Å²) < 4.78 is 0. The lowest BCUT2D eigenvalue weighted by atomic mass is 9.94. The second-order valence-electron chi connectivity index (χ2n) is 5.98. The molecule has 0 aromatic heterocycles. The highest BCUT2D eigenvalue weighted by molar-refractivity contribution is 6.30. The van der Waals surface area contributed by atoms with Gasteiger partial charge in [-0.1, -0.05) is 48.0 Å². The van der Waals surface area contributed by atoms with Crippen molar-refractivity contribution in [3.8, 4) is 0 Å². The minimum Gasteiger partial charge on any atom is -0.354 e. The maximum Gasteiger partial charge on any atom is 0.227 e. The smallest absolute Gasteiger partial charge is 0.227 e. The van der Waals surface area contributed by atoms with Crippen LogP contribution in [0.1, 0.15) is 35.6 Å². The third kappa shape index (κ3) is 4.29. The van der Waals surface area contributed by atoms with Crippen molar-refractivity contribution in [1.29, 1.82) is 0 Å². The van der Waals surface area contributed by atoms with E-state index >= 15 is 0 Å². The lowest BCUT2D eigenvalue weighted by Crippen LogP contribution is -2.40. The van der Waals surface area contributed by atoms with Gasteiger partial charge in [0.15, 0.2) is 0 Å². The molecule has 1 aliphatic heterocycles. The van der Waals surface area contributed by atoms with Crippen molar-refractivity contribution in [2.45, 2.75) is 25.3 Å². The van der Waals surface area contributed by atoms with Gasteiger partial charge in [0.25, 0.3) is 0 Å². The lowest BCUT2D eigenvalue weighted by Gasteiger charge is -2.27. The highest BCUT2D eigenvalue weighted by Gasteiger charge is 2.21. The van der Waals surface area contributed by atoms with Crippen molar-refractivity contribution in [1.82, 2.24) is 10.6 Å². The number of hydrogen-bond acceptors (Lipinski definition) is 2. The quantitative estimate of drug-likeness (QED) is 0.864. The summed E-state index contributed by atoms with van der Waals surface area (Å²) in [7, 11) is 0. The normalized spacial score (nSPS) is 17.3. The standard InChI is InChI=1S/C19H21ClN2O.ClH/c1-13(15-6-4-7-16(20)11-15)19(23)22-12-18-17-8-3-2-5-14(17)9-10-21-18;/h2-8,11,13,18,21H,9-10,12H2,1H3,(H,22,23);1H. The van der Waals surface area contributed by atoms with E-state index in [0.29, 0.717) is 11.6 Å². The molecule has 24 heavy (non-hydrogen) atoms. The number of nitrogens with one attached hydrogen (secondary N) is 2. The molecule has 5 heteroatoms. The molecule has 0 spiro atoms. The second-order valence-corrected chi connectivity index (χ2v) is 6.41. The zero-order valence-corrected chi connectivity index (χ0v) is 15.2. The molecule has 2 N–H and O–H groups in total. The molecule has 0 bridgehead atoms. The van der Waals surface area contributed by atoms with Crippen molar-refractivity contribution >= 4 is 29.9 Å². The summed E-state index contributed by atoms with van der Waals surface area (Å²) in [5.41, 5.74) is 3.59. The van der Waals surface area contributed by atoms with Crippen LogP contribution in [0.3, 0.4) is 0 Å². The largest absolute Gasteiger partial charge is 0.354 e. The van der Waals surface area contributed by atoms with Crippen molar-refractivity contribution in [3.63, 3.8) is 0 Å². The summed E-state index contributed by atoms with van der Waals surface area (Å²) in [6, 6.07) is 16.1. The van der Waals surface area contributed by atoms with Crippen LogP contribution in [0.15, 0.2) is 48.5 Å². The van der Waals surface area contributed by atoms with Crippen molar-refractivity contribution < 1.29 is 4.79 Å². The van der Waals surface area contributed by atoms with E-state index in [-0.39, 0.29) is 30.3 Å². The van der Waals surface area contributed by atoms with Gasteiger partial charge in [-0.2, -0.15) is 0 Å². The minimum absolute atomic E-state index is 0. The molecular formula is C19H22Cl2N2O. The van der Waals surface area contributed by atoms with Crippen LogP contribution in [-0.2, 0) is 11.2 Å². The van der Waals surface area contributed by atoms with Crippen LogP contribution in [-0.4, -0.2) is 19.0 Å². The van der Waals surface area contributed by atoms with E-state index in [1.54, 1.807) is 0 Å². The average Bonchev–Trinajstić information content (AvgIpc) is 2.59. The van der Waals surface area contributed by atoms with E-state index < -0.39 is 0 Å². The van der Waals surface area contributed by atoms with Crippen LogP contribution < -0.4 is 10.6 Å². The fourth-order valence-corrected chi connectivity index (χ4v) is 3.26. The maximum absolute atomic E-state index is 12.4. The predicted octanol–water partition coefficient (Wildman–Crippen LogP) is 3.87. The summed E-state index contributed by atoms with van der Waals surface area (Å²) in [6.07, 6.45) is 1.04. The van der Waals surface area contributed by atoms with Gasteiger partial charge in [0.1, 0.15) is 0 Å². The lowest BCUT2D eigenvalue weighted by molar-refractivity contribution is -0.122. The molecule has 0 aliphatic carbocycles. The topological polar surface area (TPSA) is 41.1 Å². The zero-order valence-electron chi connectivity index (χ0n) is 13.6. The Balaban J connectivity index is 0.00000208. The minimum atomic E-state index is -0.215. The first-order valence-electron chi connectivity index (χ1n) is 7.99. The average molecular weight is 365 g/mol. The van der Waals surface area contributed by atoms with Gasteiger partial charge in [-0.15, -0.1) is 12.4 Å². The number of halogens is 2. The molecule has 2 unspecified atom stereocenters. The van der Waals surface area contributed by atoms with Crippen molar-refractivity contribution in [2.75, 3.05) is 13.1 Å². The Morgan fingerprint density at radius 2 is 2.08 bits per heavy atom. The summed E-state index contributed by atoms with van der Waals surface area (Å²) >= 11 is 6.01. The molecule has 128 valence electrons. The fraction of sp³-hybridized carbons (Fsp3) is 0.316. The number of hydrogen-bond donors (Lipinski definition) is 2. The molecule has 1 heterocycles. The molecule has 0 radical (unpaired) electrons. The number of carbonyl (C=O) groups is 1. The van der Waals surface area contributed by atoms with E-state index in [1.807, 2.05) is 31.2 Å². The first-order chi connectivity index (χ1) is 11.1. The van der Waals surface area contributed by atoms with E-state index in [1.165, 1.54) is 11.1 Å². The summed E-state index contributed by atoms with van der Waals surface area (Å²) in [5, 5.41) is 7.21. The van der Waals surface area contributed by atoms with Crippen LogP contribution in [0, 0.1) is 0 Å². The molecule has 0 saturated carbocycles. The van der Waals surface area contributed by atoms with E-state index in [0.717, 1.165) is 18.5 Å². The Morgan fingerprint density at radius 1 is 1.29 bits per heavy atom. The van der Waals surface area contributed by atoms with E-state index in [4.69, 9.17) is 11.6 Å². The van der Waals surface area contributed by atoms with Gasteiger partial charge >= 0.3 is 0 Å². The molecule has 0 fully saturated rings. The van der Waals surface area contributed by atoms with Gasteiger partial charge in [-0.3, -0.25) is 4.79 Å². The van der Waals surface area contributed by atoms with Gasteiger partial charge in [0, 0.05) is 17.6 Å². The highest BCUT2D eigenvalue weighted by Crippen LogP contribution is 2.23. The first kappa shape index (κ1) is 18.8. The zero-order chi connectivity index (χ0) is 16.2. The second kappa shape index (κ2) is 8.52. The number of amides is 1. The number of rotatable bonds is 4. The van der Waals surface area contributed by atoms with Crippen LogP contribution in [0.25, 0.3) is 0 Å². The van der Waals surface area contributed by atoms with E-state index in [2.05, 4.69) is 34.9 Å². The van der Waals surface area contributed by atoms with Gasteiger partial charge in [-0.25, -0.2) is 0 Å². The Morgan fingerprint density at radius 3 is 2.88 bits per heavy atom. The van der Waals surface area contributed by atoms with Gasteiger partial charge in [0.05, 0.1) is 5.92 Å². The summed E-state index contributed by atoms with van der Waals surface area (Å²) in [6.45, 7) is 3.45. The Bertz CT molecular complexity index is 705. The fourth-order valence-electron chi connectivity index (χ4n) is 3.06. The molecule has 1 amide bonds.